The summed E-state index contributed by atoms with van der Waals surface area (Å²) in [4.78, 5) is 30.9. The first-order chi connectivity index (χ1) is 15.5. The zero-order valence-corrected chi connectivity index (χ0v) is 19.0. The maximum atomic E-state index is 14.0. The van der Waals surface area contributed by atoms with Gasteiger partial charge in [-0.1, -0.05) is 12.1 Å². The van der Waals surface area contributed by atoms with Crippen molar-refractivity contribution in [2.24, 2.45) is 5.92 Å². The van der Waals surface area contributed by atoms with Crippen LogP contribution in [0.15, 0.2) is 24.3 Å². The lowest BCUT2D eigenvalue weighted by Gasteiger charge is -2.41. The second-order valence-corrected chi connectivity index (χ2v) is 8.92. The van der Waals surface area contributed by atoms with Gasteiger partial charge >= 0.3 is 0 Å². The fourth-order valence-electron chi connectivity index (χ4n) is 4.62. The van der Waals surface area contributed by atoms with Crippen LogP contribution in [0, 0.1) is 11.7 Å². The van der Waals surface area contributed by atoms with Crippen molar-refractivity contribution < 1.29 is 14.0 Å². The minimum Gasteiger partial charge on any atom is -0.367 e. The molecular formula is C22H31FN6O2S. The number of anilines is 1. The van der Waals surface area contributed by atoms with Crippen LogP contribution in [0.3, 0.4) is 0 Å². The molecule has 8 nitrogen and oxygen atoms in total. The fourth-order valence-corrected chi connectivity index (χ4v) is 4.90. The molecule has 1 aromatic carbocycles. The van der Waals surface area contributed by atoms with Gasteiger partial charge in [-0.3, -0.25) is 24.7 Å². The predicted octanol–water partition coefficient (Wildman–Crippen LogP) is 0.496. The van der Waals surface area contributed by atoms with Crippen LogP contribution in [-0.2, 0) is 9.59 Å². The average Bonchev–Trinajstić information content (AvgIpc) is 2.80. The first kappa shape index (κ1) is 22.9. The summed E-state index contributed by atoms with van der Waals surface area (Å²) in [6.07, 6.45) is 2.43. The van der Waals surface area contributed by atoms with Crippen molar-refractivity contribution in [3.05, 3.63) is 30.1 Å². The molecule has 2 amide bonds. The third kappa shape index (κ3) is 5.36. The summed E-state index contributed by atoms with van der Waals surface area (Å²) in [5, 5.41) is 9.63. The molecule has 0 radical (unpaired) electrons. The Morgan fingerprint density at radius 1 is 1.22 bits per heavy atom. The first-order valence-corrected chi connectivity index (χ1v) is 11.8. The van der Waals surface area contributed by atoms with E-state index in [2.05, 4.69) is 25.8 Å². The highest BCUT2D eigenvalue weighted by Crippen LogP contribution is 2.22. The van der Waals surface area contributed by atoms with Gasteiger partial charge in [0.2, 0.25) is 11.8 Å². The largest absolute Gasteiger partial charge is 0.367 e. The van der Waals surface area contributed by atoms with Crippen LogP contribution in [-0.4, -0.2) is 85.3 Å². The summed E-state index contributed by atoms with van der Waals surface area (Å²) in [6.45, 7) is 5.52. The monoisotopic (exact) mass is 462 g/mol. The van der Waals surface area contributed by atoms with E-state index in [9.17, 15) is 14.0 Å². The summed E-state index contributed by atoms with van der Waals surface area (Å²) in [5.74, 6) is -0.630. The number of rotatable bonds is 7. The van der Waals surface area contributed by atoms with Crippen molar-refractivity contribution in [1.82, 2.24) is 25.8 Å². The molecule has 3 aliphatic rings. The number of hydrogen-bond acceptors (Lipinski definition) is 6. The molecule has 10 heteroatoms. The molecule has 1 aromatic rings. The lowest BCUT2D eigenvalue weighted by molar-refractivity contribution is -0.138. The molecule has 32 heavy (non-hydrogen) atoms. The smallest absolute Gasteiger partial charge is 0.240 e. The Labute approximate surface area is 193 Å². The number of carbonyl (C=O) groups excluding carboxylic acids is 2. The fraction of sp³-hybridized carbons (Fsp3) is 0.591. The SMILES string of the molecule is O=C(CN1C(=O)C2CCCNC2NC1=S)NCCCN1CCN(c2ccccc2F)CC1. The number of benzene rings is 1. The number of nitrogens with zero attached hydrogens (tertiary/aromatic N) is 3. The number of carbonyl (C=O) groups is 2. The van der Waals surface area contributed by atoms with E-state index in [0.29, 0.717) is 17.3 Å². The van der Waals surface area contributed by atoms with Crippen LogP contribution in [0.1, 0.15) is 19.3 Å². The van der Waals surface area contributed by atoms with Crippen molar-refractivity contribution in [2.45, 2.75) is 25.4 Å². The molecule has 3 saturated heterocycles. The van der Waals surface area contributed by atoms with Crippen LogP contribution >= 0.6 is 12.2 Å². The molecule has 3 N–H and O–H groups in total. The zero-order valence-electron chi connectivity index (χ0n) is 18.2. The molecule has 0 spiro atoms. The molecule has 3 aliphatic heterocycles. The molecule has 0 aromatic heterocycles. The number of piperazine rings is 1. The minimum atomic E-state index is -0.200. The van der Waals surface area contributed by atoms with Gasteiger partial charge in [-0.2, -0.15) is 0 Å². The lowest BCUT2D eigenvalue weighted by atomic mass is 9.93. The molecule has 3 fully saturated rings. The van der Waals surface area contributed by atoms with E-state index in [1.54, 1.807) is 6.07 Å². The van der Waals surface area contributed by atoms with Gasteiger partial charge in [-0.15, -0.1) is 0 Å². The summed E-state index contributed by atoms with van der Waals surface area (Å²) in [6, 6.07) is 6.88. The maximum Gasteiger partial charge on any atom is 0.240 e. The van der Waals surface area contributed by atoms with E-state index in [1.165, 1.54) is 11.0 Å². The van der Waals surface area contributed by atoms with Crippen LogP contribution in [0.25, 0.3) is 0 Å². The van der Waals surface area contributed by atoms with E-state index in [4.69, 9.17) is 12.2 Å². The number of halogens is 1. The van der Waals surface area contributed by atoms with Gasteiger partial charge in [0.1, 0.15) is 12.4 Å². The van der Waals surface area contributed by atoms with Gasteiger partial charge < -0.3 is 15.5 Å². The average molecular weight is 463 g/mol. The molecule has 174 valence electrons. The third-order valence-corrected chi connectivity index (χ3v) is 6.74. The van der Waals surface area contributed by atoms with Crippen LogP contribution in [0.2, 0.25) is 0 Å². The molecule has 2 unspecified atom stereocenters. The maximum absolute atomic E-state index is 14.0. The highest BCUT2D eigenvalue weighted by Gasteiger charge is 2.40. The van der Waals surface area contributed by atoms with Crippen molar-refractivity contribution in [3.8, 4) is 0 Å². The van der Waals surface area contributed by atoms with Gasteiger partial charge in [0, 0.05) is 32.7 Å². The Morgan fingerprint density at radius 3 is 2.78 bits per heavy atom. The highest BCUT2D eigenvalue weighted by atomic mass is 32.1. The molecule has 4 rings (SSSR count). The Morgan fingerprint density at radius 2 is 2.00 bits per heavy atom. The second kappa shape index (κ2) is 10.5. The van der Waals surface area contributed by atoms with Gasteiger partial charge in [0.15, 0.2) is 5.11 Å². The number of para-hydroxylation sites is 1. The highest BCUT2D eigenvalue weighted by molar-refractivity contribution is 7.80. The quantitative estimate of drug-likeness (QED) is 0.402. The van der Waals surface area contributed by atoms with Crippen molar-refractivity contribution in [3.63, 3.8) is 0 Å². The number of fused-ring (bicyclic) bond motifs is 1. The molecule has 0 aliphatic carbocycles. The predicted molar refractivity (Wildman–Crippen MR) is 125 cm³/mol. The Hall–Kier alpha value is -2.30. The minimum absolute atomic E-state index is 0.0464. The summed E-state index contributed by atoms with van der Waals surface area (Å²) in [7, 11) is 0. The molecule has 3 heterocycles. The number of piperidine rings is 1. The number of thiocarbonyl (C=S) groups is 1. The summed E-state index contributed by atoms with van der Waals surface area (Å²) < 4.78 is 14.0. The Balaban J connectivity index is 1.14. The zero-order chi connectivity index (χ0) is 22.5. The van der Waals surface area contributed by atoms with Gasteiger partial charge in [-0.25, -0.2) is 4.39 Å². The molecular weight excluding hydrogens is 431 g/mol. The van der Waals surface area contributed by atoms with Gasteiger partial charge in [-0.05, 0) is 56.7 Å². The Kier molecular flexibility index (Phi) is 7.54. The third-order valence-electron chi connectivity index (χ3n) is 6.41. The standard InChI is InChI=1S/C22H31FN6O2S/c23-17-6-1-2-7-18(17)28-13-11-27(12-14-28)10-4-9-24-19(30)15-29-21(31)16-5-3-8-25-20(16)26-22(29)32/h1-2,6-7,16,20,25H,3-5,8-15H2,(H,24,30)(H,26,32). The molecule has 0 saturated carbocycles. The van der Waals surface area contributed by atoms with Gasteiger partial charge in [0.05, 0.1) is 17.8 Å². The number of hydrogen-bond donors (Lipinski definition) is 3. The van der Waals surface area contributed by atoms with Crippen LogP contribution in [0.4, 0.5) is 10.1 Å². The van der Waals surface area contributed by atoms with Gasteiger partial charge in [0.25, 0.3) is 0 Å². The van der Waals surface area contributed by atoms with E-state index in [-0.39, 0.29) is 36.3 Å². The number of nitrogens with one attached hydrogen (secondary N) is 3. The van der Waals surface area contributed by atoms with E-state index in [0.717, 1.165) is 58.5 Å². The summed E-state index contributed by atoms with van der Waals surface area (Å²) in [5.41, 5.74) is 0.661. The van der Waals surface area contributed by atoms with Crippen LogP contribution in [0.5, 0.6) is 0 Å². The van der Waals surface area contributed by atoms with E-state index >= 15 is 0 Å². The topological polar surface area (TPSA) is 79.9 Å². The number of amides is 2. The van der Waals surface area contributed by atoms with Crippen LogP contribution < -0.4 is 20.9 Å². The second-order valence-electron chi connectivity index (χ2n) is 8.54. The summed E-state index contributed by atoms with van der Waals surface area (Å²) >= 11 is 5.30. The van der Waals surface area contributed by atoms with Crippen molar-refractivity contribution in [1.29, 1.82) is 0 Å². The lowest BCUT2D eigenvalue weighted by Crippen LogP contribution is -2.66. The first-order valence-electron chi connectivity index (χ1n) is 11.4. The van der Waals surface area contributed by atoms with E-state index < -0.39 is 0 Å². The molecule has 2 atom stereocenters. The Bertz CT molecular complexity index is 847. The van der Waals surface area contributed by atoms with E-state index in [1.807, 2.05) is 12.1 Å². The van der Waals surface area contributed by atoms with Crippen molar-refractivity contribution >= 4 is 34.8 Å². The van der Waals surface area contributed by atoms with Crippen molar-refractivity contribution in [2.75, 3.05) is 57.3 Å². The molecule has 0 bridgehead atoms. The normalized spacial score (nSPS) is 24.2.